The second-order valence-corrected chi connectivity index (χ2v) is 7.20. The fourth-order valence-corrected chi connectivity index (χ4v) is 4.06. The first-order chi connectivity index (χ1) is 12.4. The first kappa shape index (κ1) is 16.3. The fourth-order valence-electron chi connectivity index (χ4n) is 4.06. The van der Waals surface area contributed by atoms with Gasteiger partial charge in [-0.15, -0.1) is 0 Å². The van der Waals surface area contributed by atoms with Gasteiger partial charge in [0.25, 0.3) is 0 Å². The lowest BCUT2D eigenvalue weighted by Gasteiger charge is -2.32. The minimum absolute atomic E-state index is 0.782. The number of hydrogen-bond acceptors (Lipinski definition) is 2. The zero-order valence-electron chi connectivity index (χ0n) is 14.8. The highest BCUT2D eigenvalue weighted by molar-refractivity contribution is 5.66. The summed E-state index contributed by atoms with van der Waals surface area (Å²) in [6.45, 7) is 3.44. The van der Waals surface area contributed by atoms with Crippen molar-refractivity contribution in [3.05, 3.63) is 78.1 Å². The van der Waals surface area contributed by atoms with Gasteiger partial charge in [0.2, 0.25) is 0 Å². The third-order valence-corrected chi connectivity index (χ3v) is 5.42. The van der Waals surface area contributed by atoms with Crippen LogP contribution in [0.5, 0.6) is 0 Å². The van der Waals surface area contributed by atoms with Crippen LogP contribution in [-0.2, 0) is 0 Å². The van der Waals surface area contributed by atoms with Gasteiger partial charge < -0.3 is 0 Å². The number of pyridine rings is 1. The Hall–Kier alpha value is -2.19. The number of allylic oxidation sites excluding steroid dienone is 2. The summed E-state index contributed by atoms with van der Waals surface area (Å²) in [6, 6.07) is 17.1. The molecule has 0 amide bonds. The fraction of sp³-hybridized carbons (Fsp3) is 0.348. The Bertz CT molecular complexity index is 746. The van der Waals surface area contributed by atoms with Gasteiger partial charge in [0, 0.05) is 25.8 Å². The molecule has 0 unspecified atom stereocenters. The van der Waals surface area contributed by atoms with Crippen molar-refractivity contribution in [2.24, 2.45) is 5.92 Å². The number of benzene rings is 1. The van der Waals surface area contributed by atoms with Crippen LogP contribution in [-0.4, -0.2) is 29.5 Å². The molecule has 2 nitrogen and oxygen atoms in total. The molecule has 2 aliphatic rings. The van der Waals surface area contributed by atoms with Gasteiger partial charge in [0.1, 0.15) is 0 Å². The average molecular weight is 330 g/mol. The van der Waals surface area contributed by atoms with Crippen LogP contribution in [0.15, 0.2) is 66.9 Å². The van der Waals surface area contributed by atoms with Crippen molar-refractivity contribution in [3.8, 4) is 0 Å². The number of aromatic nitrogens is 1. The Labute approximate surface area is 150 Å². The first-order valence-corrected chi connectivity index (χ1v) is 9.46. The molecule has 0 saturated carbocycles. The summed E-state index contributed by atoms with van der Waals surface area (Å²) in [6.07, 6.45) is 11.6. The number of hydrogen-bond donors (Lipinski definition) is 0. The Balaban J connectivity index is 1.35. The maximum Gasteiger partial charge on any atom is 0.0659 e. The van der Waals surface area contributed by atoms with E-state index in [-0.39, 0.29) is 0 Å². The van der Waals surface area contributed by atoms with Crippen LogP contribution in [0.1, 0.15) is 36.9 Å². The molecule has 0 saturated heterocycles. The maximum atomic E-state index is 4.49. The van der Waals surface area contributed by atoms with E-state index < -0.39 is 0 Å². The van der Waals surface area contributed by atoms with Crippen molar-refractivity contribution in [1.82, 2.24) is 9.88 Å². The molecule has 0 radical (unpaired) electrons. The third kappa shape index (κ3) is 4.08. The van der Waals surface area contributed by atoms with Gasteiger partial charge >= 0.3 is 0 Å². The van der Waals surface area contributed by atoms with Gasteiger partial charge in [-0.05, 0) is 60.4 Å². The minimum atomic E-state index is 0.782. The molecule has 1 aliphatic heterocycles. The zero-order chi connectivity index (χ0) is 16.9. The van der Waals surface area contributed by atoms with Gasteiger partial charge in [-0.3, -0.25) is 9.88 Å². The molecule has 128 valence electrons. The van der Waals surface area contributed by atoms with E-state index in [1.807, 2.05) is 12.3 Å². The highest BCUT2D eigenvalue weighted by Gasteiger charge is 2.21. The van der Waals surface area contributed by atoms with Gasteiger partial charge in [-0.25, -0.2) is 0 Å². The van der Waals surface area contributed by atoms with Crippen LogP contribution >= 0.6 is 0 Å². The second kappa shape index (κ2) is 7.79. The van der Waals surface area contributed by atoms with E-state index in [0.29, 0.717) is 0 Å². The van der Waals surface area contributed by atoms with Crippen molar-refractivity contribution < 1.29 is 0 Å². The highest BCUT2D eigenvalue weighted by atomic mass is 15.1. The van der Waals surface area contributed by atoms with E-state index in [1.54, 1.807) is 5.57 Å². The summed E-state index contributed by atoms with van der Waals surface area (Å²) in [5.74, 6) is 0.782. The lowest BCUT2D eigenvalue weighted by Crippen LogP contribution is -2.34. The molecule has 2 heterocycles. The van der Waals surface area contributed by atoms with Crippen LogP contribution in [0, 0.1) is 5.92 Å². The topological polar surface area (TPSA) is 16.1 Å². The molecule has 4 rings (SSSR count). The maximum absolute atomic E-state index is 4.49. The largest absolute Gasteiger partial charge is 0.299 e. The molecule has 0 bridgehead atoms. The molecular weight excluding hydrogens is 304 g/mol. The van der Waals surface area contributed by atoms with Gasteiger partial charge in [0.15, 0.2) is 0 Å². The smallest absolute Gasteiger partial charge is 0.0659 e. The zero-order valence-corrected chi connectivity index (χ0v) is 14.8. The first-order valence-electron chi connectivity index (χ1n) is 9.46. The molecule has 2 heteroatoms. The van der Waals surface area contributed by atoms with Crippen LogP contribution in [0.4, 0.5) is 0 Å². The monoisotopic (exact) mass is 330 g/mol. The van der Waals surface area contributed by atoms with E-state index in [2.05, 4.69) is 64.5 Å². The van der Waals surface area contributed by atoms with Crippen LogP contribution in [0.3, 0.4) is 0 Å². The van der Waals surface area contributed by atoms with Crippen molar-refractivity contribution in [1.29, 1.82) is 0 Å². The Morgan fingerprint density at radius 1 is 0.960 bits per heavy atom. The molecule has 0 N–H and O–H groups in total. The summed E-state index contributed by atoms with van der Waals surface area (Å²) in [7, 11) is 0. The predicted octanol–water partition coefficient (Wildman–Crippen LogP) is 5.05. The van der Waals surface area contributed by atoms with Crippen LogP contribution in [0.2, 0.25) is 0 Å². The molecule has 1 aromatic heterocycles. The second-order valence-electron chi connectivity index (χ2n) is 7.20. The lowest BCUT2D eigenvalue weighted by molar-refractivity contribution is 0.244. The van der Waals surface area contributed by atoms with Gasteiger partial charge in [-0.2, -0.15) is 0 Å². The van der Waals surface area contributed by atoms with E-state index >= 15 is 0 Å². The molecule has 2 aromatic rings. The average Bonchev–Trinajstić information content (AvgIpc) is 2.70. The van der Waals surface area contributed by atoms with Crippen LogP contribution < -0.4 is 0 Å². The SMILES string of the molecule is C1=C(c2ccccc2)C[C@H](CN2CC=C(c3ccccn3)CC2)CC1. The Kier molecular flexibility index (Phi) is 5.08. The third-order valence-electron chi connectivity index (χ3n) is 5.42. The molecule has 0 fully saturated rings. The molecule has 1 aliphatic carbocycles. The molecular formula is C23H26N2. The number of rotatable bonds is 4. The molecule has 25 heavy (non-hydrogen) atoms. The van der Waals surface area contributed by atoms with Crippen molar-refractivity contribution >= 4 is 11.1 Å². The molecule has 1 aromatic carbocycles. The van der Waals surface area contributed by atoms with E-state index in [0.717, 1.165) is 31.1 Å². The quantitative estimate of drug-likeness (QED) is 0.779. The Morgan fingerprint density at radius 3 is 2.60 bits per heavy atom. The predicted molar refractivity (Wildman–Crippen MR) is 105 cm³/mol. The molecule has 0 spiro atoms. The van der Waals surface area contributed by atoms with Crippen molar-refractivity contribution in [3.63, 3.8) is 0 Å². The Morgan fingerprint density at radius 2 is 1.84 bits per heavy atom. The summed E-state index contributed by atoms with van der Waals surface area (Å²) in [5, 5.41) is 0. The highest BCUT2D eigenvalue weighted by Crippen LogP contribution is 2.32. The number of nitrogens with zero attached hydrogens (tertiary/aromatic N) is 2. The van der Waals surface area contributed by atoms with E-state index in [9.17, 15) is 0 Å². The normalized spacial score (nSPS) is 21.5. The summed E-state index contributed by atoms with van der Waals surface area (Å²) in [4.78, 5) is 7.11. The summed E-state index contributed by atoms with van der Waals surface area (Å²) >= 11 is 0. The minimum Gasteiger partial charge on any atom is -0.299 e. The van der Waals surface area contributed by atoms with E-state index in [4.69, 9.17) is 0 Å². The van der Waals surface area contributed by atoms with E-state index in [1.165, 1.54) is 36.9 Å². The summed E-state index contributed by atoms with van der Waals surface area (Å²) in [5.41, 5.74) is 5.50. The van der Waals surface area contributed by atoms with Crippen LogP contribution in [0.25, 0.3) is 11.1 Å². The molecule has 1 atom stereocenters. The van der Waals surface area contributed by atoms with Crippen molar-refractivity contribution in [2.75, 3.05) is 19.6 Å². The van der Waals surface area contributed by atoms with Gasteiger partial charge in [-0.1, -0.05) is 48.6 Å². The van der Waals surface area contributed by atoms with Gasteiger partial charge in [0.05, 0.1) is 5.69 Å². The standard InChI is InChI=1S/C23H26N2/c1-2-8-20(9-3-1)22-10-6-7-19(17-22)18-25-15-12-21(13-16-25)23-11-4-5-14-24-23/h1-5,8-12,14,19H,6-7,13,15-18H2/t19-/m1/s1. The van der Waals surface area contributed by atoms with Crippen molar-refractivity contribution in [2.45, 2.75) is 25.7 Å². The lowest BCUT2D eigenvalue weighted by atomic mass is 9.85. The summed E-state index contributed by atoms with van der Waals surface area (Å²) < 4.78 is 0.